The molecule has 128 valence electrons. The molecule has 2 heterocycles. The molecule has 0 bridgehead atoms. The lowest BCUT2D eigenvalue weighted by Gasteiger charge is -2.22. The highest BCUT2D eigenvalue weighted by atomic mass is 16.5. The first-order valence-electron chi connectivity index (χ1n) is 8.08. The normalized spacial score (nSPS) is 17.4. The summed E-state index contributed by atoms with van der Waals surface area (Å²) in [5.74, 6) is 1.29. The molecule has 1 aromatic carbocycles. The molecule has 3 rings (SSSR count). The predicted octanol–water partition coefficient (Wildman–Crippen LogP) is 2.39. The van der Waals surface area contributed by atoms with Crippen LogP contribution in [-0.4, -0.2) is 49.3 Å². The number of pyridine rings is 1. The Hall–Kier alpha value is -2.34. The summed E-state index contributed by atoms with van der Waals surface area (Å²) in [4.78, 5) is 19.0. The van der Waals surface area contributed by atoms with Crippen LogP contribution in [0, 0.1) is 0 Å². The molecule has 0 saturated heterocycles. The number of carbonyl (C=O) groups excluding carboxylic acids is 1. The third-order valence-electron chi connectivity index (χ3n) is 4.20. The van der Waals surface area contributed by atoms with E-state index in [1.807, 2.05) is 31.2 Å². The van der Waals surface area contributed by atoms with Gasteiger partial charge in [0.2, 0.25) is 5.88 Å². The van der Waals surface area contributed by atoms with Gasteiger partial charge in [0.25, 0.3) is 5.91 Å². The largest absolute Gasteiger partial charge is 0.497 e. The van der Waals surface area contributed by atoms with E-state index in [-0.39, 0.29) is 5.91 Å². The summed E-state index contributed by atoms with van der Waals surface area (Å²) in [5, 5.41) is 0.964. The number of ether oxygens (including phenoxy) is 3. The third-order valence-corrected chi connectivity index (χ3v) is 4.20. The van der Waals surface area contributed by atoms with Crippen molar-refractivity contribution in [3.63, 3.8) is 0 Å². The van der Waals surface area contributed by atoms with Gasteiger partial charge < -0.3 is 19.1 Å². The fraction of sp³-hybridized carbons (Fsp3) is 0.444. The van der Waals surface area contributed by atoms with Crippen LogP contribution in [0.4, 0.5) is 0 Å². The lowest BCUT2D eigenvalue weighted by atomic mass is 10.1. The van der Waals surface area contributed by atoms with Crippen molar-refractivity contribution in [2.24, 2.45) is 0 Å². The van der Waals surface area contributed by atoms with Crippen LogP contribution in [0.25, 0.3) is 10.9 Å². The fourth-order valence-corrected chi connectivity index (χ4v) is 2.84. The van der Waals surface area contributed by atoms with E-state index in [1.165, 1.54) is 0 Å². The van der Waals surface area contributed by atoms with Gasteiger partial charge in [-0.1, -0.05) is 6.92 Å². The summed E-state index contributed by atoms with van der Waals surface area (Å²) in [7, 11) is 3.27. The van der Waals surface area contributed by atoms with Gasteiger partial charge in [-0.25, -0.2) is 4.98 Å². The molecule has 24 heavy (non-hydrogen) atoms. The minimum Gasteiger partial charge on any atom is -0.497 e. The average molecular weight is 330 g/mol. The van der Waals surface area contributed by atoms with E-state index in [4.69, 9.17) is 14.2 Å². The van der Waals surface area contributed by atoms with E-state index in [9.17, 15) is 4.79 Å². The Bertz CT molecular complexity index is 747. The Morgan fingerprint density at radius 1 is 1.33 bits per heavy atom. The molecule has 6 nitrogen and oxygen atoms in total. The summed E-state index contributed by atoms with van der Waals surface area (Å²) >= 11 is 0. The first-order chi connectivity index (χ1) is 11.7. The van der Waals surface area contributed by atoms with Crippen molar-refractivity contribution in [2.45, 2.75) is 26.0 Å². The number of methoxy groups -OCH3 is 2. The molecule has 1 aliphatic rings. The zero-order chi connectivity index (χ0) is 17.1. The Morgan fingerprint density at radius 3 is 2.88 bits per heavy atom. The third kappa shape index (κ3) is 3.14. The number of hydrogen-bond acceptors (Lipinski definition) is 5. The molecule has 0 radical (unpaired) electrons. The van der Waals surface area contributed by atoms with E-state index in [0.717, 1.165) is 22.2 Å². The Labute approximate surface area is 141 Å². The van der Waals surface area contributed by atoms with Crippen LogP contribution in [0.2, 0.25) is 0 Å². The summed E-state index contributed by atoms with van der Waals surface area (Å²) in [5.41, 5.74) is 1.72. The van der Waals surface area contributed by atoms with Crippen molar-refractivity contribution < 1.29 is 19.0 Å². The maximum atomic E-state index is 12.6. The number of benzene rings is 1. The summed E-state index contributed by atoms with van der Waals surface area (Å²) in [6, 6.07) is 7.72. The molecule has 6 heteroatoms. The maximum absolute atomic E-state index is 12.6. The molecule has 0 N–H and O–H groups in total. The molecular formula is C18H22N2O4. The highest BCUT2D eigenvalue weighted by molar-refractivity contribution is 5.84. The van der Waals surface area contributed by atoms with E-state index in [0.29, 0.717) is 32.0 Å². The topological polar surface area (TPSA) is 60.9 Å². The standard InChI is InChI=1S/C18H22N2O4/c1-4-16-18(21)20(7-8-22-2)11-13-9-12-10-14(23-3)5-6-15(12)19-17(13)24-16/h5-6,9-10,16H,4,7-8,11H2,1-3H3/t16-/m1/s1. The van der Waals surface area contributed by atoms with Gasteiger partial charge in [0.05, 0.1) is 25.8 Å². The smallest absolute Gasteiger partial charge is 0.264 e. The van der Waals surface area contributed by atoms with Crippen molar-refractivity contribution in [3.05, 3.63) is 29.8 Å². The van der Waals surface area contributed by atoms with Gasteiger partial charge >= 0.3 is 0 Å². The van der Waals surface area contributed by atoms with Crippen molar-refractivity contribution >= 4 is 16.8 Å². The number of fused-ring (bicyclic) bond motifs is 2. The van der Waals surface area contributed by atoms with Crippen LogP contribution in [0.1, 0.15) is 18.9 Å². The number of hydrogen-bond donors (Lipinski definition) is 0. The van der Waals surface area contributed by atoms with Crippen LogP contribution in [0.15, 0.2) is 24.3 Å². The second-order valence-electron chi connectivity index (χ2n) is 5.78. The minimum atomic E-state index is -0.508. The van der Waals surface area contributed by atoms with Gasteiger partial charge in [0.1, 0.15) is 5.75 Å². The minimum absolute atomic E-state index is 0.0193. The lowest BCUT2D eigenvalue weighted by molar-refractivity contribution is -0.139. The van der Waals surface area contributed by atoms with Crippen LogP contribution in [-0.2, 0) is 16.1 Å². The zero-order valence-electron chi connectivity index (χ0n) is 14.2. The molecule has 1 amide bonds. The van der Waals surface area contributed by atoms with Gasteiger partial charge in [-0.3, -0.25) is 4.79 Å². The molecule has 1 atom stereocenters. The molecule has 0 aliphatic carbocycles. The van der Waals surface area contributed by atoms with Crippen LogP contribution < -0.4 is 9.47 Å². The number of amides is 1. The molecule has 0 unspecified atom stereocenters. The van der Waals surface area contributed by atoms with E-state index >= 15 is 0 Å². The first kappa shape index (κ1) is 16.5. The number of nitrogens with zero attached hydrogens (tertiary/aromatic N) is 2. The monoisotopic (exact) mass is 330 g/mol. The van der Waals surface area contributed by atoms with Crippen molar-refractivity contribution in [1.29, 1.82) is 0 Å². The van der Waals surface area contributed by atoms with Crippen molar-refractivity contribution in [3.8, 4) is 11.6 Å². The summed E-state index contributed by atoms with van der Waals surface area (Å²) in [6.07, 6.45) is 0.0932. The number of carbonyl (C=O) groups is 1. The Kier molecular flexibility index (Phi) is 4.85. The predicted molar refractivity (Wildman–Crippen MR) is 90.3 cm³/mol. The quantitative estimate of drug-likeness (QED) is 0.842. The second kappa shape index (κ2) is 7.05. The van der Waals surface area contributed by atoms with Gasteiger partial charge in [0, 0.05) is 24.6 Å². The summed E-state index contributed by atoms with van der Waals surface area (Å²) in [6.45, 7) is 3.43. The zero-order valence-corrected chi connectivity index (χ0v) is 14.2. The SMILES string of the molecule is CC[C@H]1Oc2nc3ccc(OC)cc3cc2CN(CCOC)C1=O. The maximum Gasteiger partial charge on any atom is 0.264 e. The van der Waals surface area contributed by atoms with Crippen molar-refractivity contribution in [1.82, 2.24) is 9.88 Å². The van der Waals surface area contributed by atoms with E-state index < -0.39 is 6.10 Å². The average Bonchev–Trinajstić information content (AvgIpc) is 2.74. The molecular weight excluding hydrogens is 308 g/mol. The Morgan fingerprint density at radius 2 is 2.17 bits per heavy atom. The molecule has 1 aliphatic heterocycles. The van der Waals surface area contributed by atoms with Gasteiger partial charge in [-0.2, -0.15) is 0 Å². The molecule has 1 aromatic heterocycles. The van der Waals surface area contributed by atoms with Gasteiger partial charge in [-0.15, -0.1) is 0 Å². The van der Waals surface area contributed by atoms with Crippen molar-refractivity contribution in [2.75, 3.05) is 27.4 Å². The first-order valence-corrected chi connectivity index (χ1v) is 8.08. The van der Waals surface area contributed by atoms with E-state index in [1.54, 1.807) is 19.1 Å². The van der Waals surface area contributed by atoms with E-state index in [2.05, 4.69) is 4.98 Å². The van der Waals surface area contributed by atoms with Crippen LogP contribution in [0.3, 0.4) is 0 Å². The molecule has 2 aromatic rings. The van der Waals surface area contributed by atoms with Crippen LogP contribution in [0.5, 0.6) is 11.6 Å². The highest BCUT2D eigenvalue weighted by Crippen LogP contribution is 2.30. The van der Waals surface area contributed by atoms with Crippen LogP contribution >= 0.6 is 0 Å². The molecule has 0 fully saturated rings. The second-order valence-corrected chi connectivity index (χ2v) is 5.78. The number of rotatable bonds is 5. The molecule has 0 spiro atoms. The molecule has 0 saturated carbocycles. The summed E-state index contributed by atoms with van der Waals surface area (Å²) < 4.78 is 16.3. The fourth-order valence-electron chi connectivity index (χ4n) is 2.84. The highest BCUT2D eigenvalue weighted by Gasteiger charge is 2.30. The van der Waals surface area contributed by atoms with Gasteiger partial charge in [0.15, 0.2) is 6.10 Å². The van der Waals surface area contributed by atoms with Gasteiger partial charge in [-0.05, 0) is 30.7 Å². The lowest BCUT2D eigenvalue weighted by Crippen LogP contribution is -2.40. The number of aromatic nitrogens is 1. The Balaban J connectivity index is 2.03.